The van der Waals surface area contributed by atoms with Gasteiger partial charge in [-0.2, -0.15) is 0 Å². The molecule has 3 fully saturated rings. The molecule has 3 saturated heterocycles. The van der Waals surface area contributed by atoms with Gasteiger partial charge in [0.2, 0.25) is 0 Å². The van der Waals surface area contributed by atoms with Gasteiger partial charge in [-0.15, -0.1) is 10.2 Å². The minimum Gasteiger partial charge on any atom is -0.507 e. The molecule has 2 unspecified atom stereocenters. The van der Waals surface area contributed by atoms with Crippen LogP contribution in [0.15, 0.2) is 42.6 Å². The van der Waals surface area contributed by atoms with Crippen molar-refractivity contribution in [2.24, 2.45) is 0 Å². The highest BCUT2D eigenvalue weighted by Crippen LogP contribution is 2.38. The van der Waals surface area contributed by atoms with Crippen LogP contribution in [0.5, 0.6) is 5.75 Å². The van der Waals surface area contributed by atoms with Crippen molar-refractivity contribution in [3.05, 3.63) is 48.4 Å². The first-order valence-electron chi connectivity index (χ1n) is 12.2. The van der Waals surface area contributed by atoms with E-state index in [1.807, 2.05) is 24.4 Å². The highest BCUT2D eigenvalue weighted by atomic mass is 16.3. The summed E-state index contributed by atoms with van der Waals surface area (Å²) in [5, 5.41) is 22.2. The van der Waals surface area contributed by atoms with Crippen molar-refractivity contribution in [2.75, 3.05) is 41.7 Å². The van der Waals surface area contributed by atoms with Crippen LogP contribution in [0, 0.1) is 0 Å². The number of aromatic nitrogens is 4. The molecule has 3 aliphatic heterocycles. The Hall–Kier alpha value is -3.46. The fraction of sp³-hybridized carbons (Fsp3) is 0.440. The molecule has 6 rings (SSSR count). The fourth-order valence-electron chi connectivity index (χ4n) is 5.72. The molecule has 0 saturated carbocycles. The lowest BCUT2D eigenvalue weighted by molar-refractivity contribution is 0.443. The lowest BCUT2D eigenvalue weighted by atomic mass is 9.97. The maximum atomic E-state index is 10.3. The number of para-hydroxylation sites is 1. The van der Waals surface area contributed by atoms with Gasteiger partial charge in [-0.3, -0.25) is 0 Å². The molecule has 176 valence electrons. The predicted molar refractivity (Wildman–Crippen MR) is 132 cm³/mol. The molecule has 4 N–H and O–H groups in total. The zero-order valence-corrected chi connectivity index (χ0v) is 19.1. The van der Waals surface area contributed by atoms with Gasteiger partial charge in [-0.1, -0.05) is 12.1 Å². The van der Waals surface area contributed by atoms with E-state index in [4.69, 9.17) is 10.7 Å². The molecular weight excluding hydrogens is 428 g/mol. The summed E-state index contributed by atoms with van der Waals surface area (Å²) < 4.78 is 0. The zero-order chi connectivity index (χ0) is 23.1. The summed E-state index contributed by atoms with van der Waals surface area (Å²) in [5.41, 5.74) is 8.44. The number of nitrogen functional groups attached to an aromatic ring is 1. The Bertz CT molecular complexity index is 1170. The Morgan fingerprint density at radius 3 is 2.50 bits per heavy atom. The number of nitrogens with two attached hydrogens (primary N) is 1. The Labute approximate surface area is 199 Å². The number of fused-ring (bicyclic) bond motifs is 2. The number of hydrogen-bond acceptors (Lipinski definition) is 9. The van der Waals surface area contributed by atoms with Crippen molar-refractivity contribution in [3.63, 3.8) is 0 Å². The smallest absolute Gasteiger partial charge is 0.169 e. The van der Waals surface area contributed by atoms with E-state index < -0.39 is 0 Å². The average molecular weight is 459 g/mol. The molecular formula is C25H30N8O. The molecule has 0 radical (unpaired) electrons. The summed E-state index contributed by atoms with van der Waals surface area (Å²) in [4.78, 5) is 14.5. The van der Waals surface area contributed by atoms with Crippen LogP contribution in [0.25, 0.3) is 11.3 Å². The van der Waals surface area contributed by atoms with E-state index in [9.17, 15) is 5.11 Å². The number of nitrogens with zero attached hydrogens (tertiary/aromatic N) is 6. The molecule has 0 aliphatic carbocycles. The maximum absolute atomic E-state index is 10.3. The van der Waals surface area contributed by atoms with E-state index in [2.05, 4.69) is 36.4 Å². The van der Waals surface area contributed by atoms with Crippen molar-refractivity contribution in [2.45, 2.75) is 43.7 Å². The van der Waals surface area contributed by atoms with E-state index in [1.54, 1.807) is 12.1 Å². The first-order chi connectivity index (χ1) is 16.7. The molecule has 0 spiro atoms. The maximum Gasteiger partial charge on any atom is 0.169 e. The van der Waals surface area contributed by atoms with Crippen LogP contribution in [-0.2, 0) is 0 Å². The minimum atomic E-state index is 0.186. The van der Waals surface area contributed by atoms with E-state index >= 15 is 0 Å². The van der Waals surface area contributed by atoms with Gasteiger partial charge >= 0.3 is 0 Å². The highest BCUT2D eigenvalue weighted by molar-refractivity contribution is 5.74. The van der Waals surface area contributed by atoms with Crippen molar-refractivity contribution in [3.8, 4) is 17.0 Å². The normalized spacial score (nSPS) is 22.8. The van der Waals surface area contributed by atoms with E-state index in [0.29, 0.717) is 35.1 Å². The van der Waals surface area contributed by atoms with Crippen LogP contribution in [0.1, 0.15) is 37.4 Å². The summed E-state index contributed by atoms with van der Waals surface area (Å²) in [6.45, 7) is 3.76. The number of phenolic OH excluding ortho intramolecular Hbond substituents is 1. The monoisotopic (exact) mass is 458 g/mol. The summed E-state index contributed by atoms with van der Waals surface area (Å²) >= 11 is 0. The first kappa shape index (κ1) is 21.1. The third-order valence-electron chi connectivity index (χ3n) is 7.43. The Balaban J connectivity index is 1.25. The summed E-state index contributed by atoms with van der Waals surface area (Å²) in [7, 11) is 0. The third kappa shape index (κ3) is 3.79. The quantitative estimate of drug-likeness (QED) is 0.542. The van der Waals surface area contributed by atoms with Gasteiger partial charge in [0.1, 0.15) is 17.4 Å². The predicted octanol–water partition coefficient (Wildman–Crippen LogP) is 2.55. The summed E-state index contributed by atoms with van der Waals surface area (Å²) in [6, 6.07) is 11.9. The second kappa shape index (κ2) is 8.72. The van der Waals surface area contributed by atoms with Gasteiger partial charge in [0.25, 0.3) is 0 Å². The van der Waals surface area contributed by atoms with Gasteiger partial charge in [-0.25, -0.2) is 9.97 Å². The largest absolute Gasteiger partial charge is 0.507 e. The summed E-state index contributed by atoms with van der Waals surface area (Å²) in [5.74, 6) is 3.07. The number of phenols is 1. The second-order valence-electron chi connectivity index (χ2n) is 9.51. The summed E-state index contributed by atoms with van der Waals surface area (Å²) in [6.07, 6.45) is 6.36. The van der Waals surface area contributed by atoms with Gasteiger partial charge in [0.05, 0.1) is 11.4 Å². The molecule has 2 aromatic heterocycles. The lowest BCUT2D eigenvalue weighted by Gasteiger charge is -2.43. The standard InChI is InChI=1S/C25H30N8O/c26-24-21(13-20(30-31-24)19-3-1-2-4-22(19)34)32-14-17-5-6-18(15-32)33(17)23-9-12-28-25(29-23)16-7-10-27-11-8-16/h1-4,9,12-13,16-18,27,34H,5-8,10-11,14-15H2,(H2,26,31). The number of hydrogen-bond donors (Lipinski definition) is 3. The van der Waals surface area contributed by atoms with E-state index in [0.717, 1.165) is 69.2 Å². The molecule has 1 aromatic carbocycles. The second-order valence-corrected chi connectivity index (χ2v) is 9.51. The number of piperazine rings is 1. The van der Waals surface area contributed by atoms with E-state index in [1.165, 1.54) is 0 Å². The number of aromatic hydroxyl groups is 1. The molecule has 34 heavy (non-hydrogen) atoms. The molecule has 3 aliphatic rings. The lowest BCUT2D eigenvalue weighted by Crippen LogP contribution is -2.54. The average Bonchev–Trinajstić information content (AvgIpc) is 3.14. The van der Waals surface area contributed by atoms with Gasteiger partial charge < -0.3 is 26.0 Å². The number of anilines is 3. The molecule has 5 heterocycles. The zero-order valence-electron chi connectivity index (χ0n) is 19.1. The van der Waals surface area contributed by atoms with E-state index in [-0.39, 0.29) is 5.75 Å². The first-order valence-corrected chi connectivity index (χ1v) is 12.2. The molecule has 2 atom stereocenters. The molecule has 2 bridgehead atoms. The van der Waals surface area contributed by atoms with Crippen molar-refractivity contribution >= 4 is 17.3 Å². The van der Waals surface area contributed by atoms with Crippen LogP contribution in [0.3, 0.4) is 0 Å². The van der Waals surface area contributed by atoms with Gasteiger partial charge in [0, 0.05) is 42.9 Å². The minimum absolute atomic E-state index is 0.186. The van der Waals surface area contributed by atoms with Crippen LogP contribution in [0.4, 0.5) is 17.3 Å². The van der Waals surface area contributed by atoms with Crippen molar-refractivity contribution in [1.82, 2.24) is 25.5 Å². The highest BCUT2D eigenvalue weighted by Gasteiger charge is 2.41. The van der Waals surface area contributed by atoms with Crippen LogP contribution >= 0.6 is 0 Å². The van der Waals surface area contributed by atoms with Gasteiger partial charge in [0.15, 0.2) is 5.82 Å². The van der Waals surface area contributed by atoms with Crippen molar-refractivity contribution < 1.29 is 5.11 Å². The SMILES string of the molecule is Nc1nnc(-c2ccccc2O)cc1N1CC2CCC(C1)N2c1ccnc(C2CCNCC2)n1. The van der Waals surface area contributed by atoms with Crippen LogP contribution < -0.4 is 20.9 Å². The Kier molecular flexibility index (Phi) is 5.41. The van der Waals surface area contributed by atoms with Crippen LogP contribution in [0.2, 0.25) is 0 Å². The number of rotatable bonds is 4. The Morgan fingerprint density at radius 1 is 0.971 bits per heavy atom. The molecule has 0 amide bonds. The van der Waals surface area contributed by atoms with Gasteiger partial charge in [-0.05, 0) is 63.0 Å². The van der Waals surface area contributed by atoms with Crippen LogP contribution in [-0.4, -0.2) is 63.5 Å². The molecule has 9 nitrogen and oxygen atoms in total. The molecule has 9 heteroatoms. The number of piperidine rings is 1. The topological polar surface area (TPSA) is 116 Å². The Morgan fingerprint density at radius 2 is 1.74 bits per heavy atom. The number of nitrogens with one attached hydrogen (secondary N) is 1. The molecule has 3 aromatic rings. The third-order valence-corrected chi connectivity index (χ3v) is 7.43. The fourth-order valence-corrected chi connectivity index (χ4v) is 5.72. The number of benzene rings is 1. The van der Waals surface area contributed by atoms with Crippen molar-refractivity contribution in [1.29, 1.82) is 0 Å².